The fraction of sp³-hybridized carbons (Fsp3) is 0.417. The number of rotatable bonds is 4. The Morgan fingerprint density at radius 2 is 1.85 bits per heavy atom. The molecule has 0 spiro atoms. The number of thiocarbonyl (C=S) groups is 1. The number of benzene rings is 1. The molecule has 0 aliphatic carbocycles. The van der Waals surface area contributed by atoms with Crippen LogP contribution in [-0.2, 0) is 0 Å². The predicted molar refractivity (Wildman–Crippen MR) is 109 cm³/mol. The Hall–Kier alpha value is 1.37. The van der Waals surface area contributed by atoms with Gasteiger partial charge >= 0.3 is 0 Å². The van der Waals surface area contributed by atoms with Crippen LogP contribution in [0.25, 0.3) is 0 Å². The smallest absolute Gasteiger partial charge is 0.0811 e. The Morgan fingerprint density at radius 3 is 2.65 bits per heavy atom. The lowest BCUT2D eigenvalue weighted by molar-refractivity contribution is 0.612. The van der Waals surface area contributed by atoms with Crippen LogP contribution in [0, 0.1) is 0 Å². The summed E-state index contributed by atoms with van der Waals surface area (Å²) in [6.45, 7) is 3.23. The SMILES string of the molecule is CCCCNC1C(=S)SSSSSSc2ccccc21. The van der Waals surface area contributed by atoms with Crippen molar-refractivity contribution in [3.05, 3.63) is 29.8 Å². The molecule has 1 atom stereocenters. The van der Waals surface area contributed by atoms with Gasteiger partial charge in [-0.3, -0.25) is 0 Å². The molecule has 1 aromatic rings. The Kier molecular flexibility index (Phi) is 9.04. The van der Waals surface area contributed by atoms with Crippen molar-refractivity contribution >= 4 is 77.3 Å². The molecular weight excluding hydrogens is 383 g/mol. The van der Waals surface area contributed by atoms with Crippen molar-refractivity contribution in [2.75, 3.05) is 6.54 Å². The van der Waals surface area contributed by atoms with Gasteiger partial charge in [0.1, 0.15) is 0 Å². The standard InChI is InChI=1S/C12H15NS7/c1-2-3-8-13-11-9-6-4-5-7-10(9)15-17-19-20-18-16-12(11)14/h4-7,11,13H,2-3,8H2,1H3. The molecule has 0 amide bonds. The quantitative estimate of drug-likeness (QED) is 0.334. The number of nitrogens with one attached hydrogen (secondary N) is 1. The largest absolute Gasteiger partial charge is 0.305 e. The third kappa shape index (κ3) is 5.53. The molecule has 0 saturated heterocycles. The number of hydrogen-bond donors (Lipinski definition) is 1. The molecule has 0 radical (unpaired) electrons. The first-order valence-corrected chi connectivity index (χ1v) is 14.1. The molecule has 1 aromatic carbocycles. The van der Waals surface area contributed by atoms with E-state index in [0.29, 0.717) is 0 Å². The number of fused-ring (bicyclic) bond motifs is 1. The monoisotopic (exact) mass is 397 g/mol. The minimum absolute atomic E-state index is 0.169. The second-order valence-electron chi connectivity index (χ2n) is 4.04. The van der Waals surface area contributed by atoms with E-state index in [-0.39, 0.29) is 6.04 Å². The maximum atomic E-state index is 5.65. The zero-order valence-corrected chi connectivity index (χ0v) is 16.6. The minimum atomic E-state index is 0.169. The zero-order valence-electron chi connectivity index (χ0n) is 10.9. The predicted octanol–water partition coefficient (Wildman–Crippen LogP) is 6.79. The van der Waals surface area contributed by atoms with E-state index in [9.17, 15) is 0 Å². The summed E-state index contributed by atoms with van der Waals surface area (Å²) < 4.78 is 1.03. The zero-order chi connectivity index (χ0) is 14.2. The molecule has 1 aliphatic rings. The van der Waals surface area contributed by atoms with Crippen LogP contribution in [0.4, 0.5) is 0 Å². The van der Waals surface area contributed by atoms with Gasteiger partial charge in [-0.15, -0.1) is 0 Å². The van der Waals surface area contributed by atoms with Gasteiger partial charge in [0.2, 0.25) is 0 Å². The van der Waals surface area contributed by atoms with E-state index in [1.54, 1.807) is 40.3 Å². The van der Waals surface area contributed by atoms with E-state index in [1.807, 2.05) is 20.6 Å². The van der Waals surface area contributed by atoms with Crippen LogP contribution < -0.4 is 5.32 Å². The molecule has 1 heterocycles. The van der Waals surface area contributed by atoms with E-state index < -0.39 is 0 Å². The highest BCUT2D eigenvalue weighted by molar-refractivity contribution is 9.42. The van der Waals surface area contributed by atoms with Gasteiger partial charge in [-0.1, -0.05) is 43.8 Å². The molecule has 2 rings (SSSR count). The average molecular weight is 398 g/mol. The van der Waals surface area contributed by atoms with Crippen LogP contribution in [-0.4, -0.2) is 10.7 Å². The lowest BCUT2D eigenvalue weighted by Gasteiger charge is -2.22. The molecular formula is C12H15NS7. The first-order valence-electron chi connectivity index (χ1n) is 6.20. The molecule has 0 bridgehead atoms. The van der Waals surface area contributed by atoms with Gasteiger partial charge in [0.25, 0.3) is 0 Å². The number of unbranched alkanes of at least 4 members (excludes halogenated alkanes) is 1. The fourth-order valence-corrected chi connectivity index (χ4v) is 13.7. The van der Waals surface area contributed by atoms with Gasteiger partial charge in [-0.05, 0) is 85.5 Å². The molecule has 0 saturated carbocycles. The Balaban J connectivity index is 2.21. The summed E-state index contributed by atoms with van der Waals surface area (Å²) in [7, 11) is 10.7. The van der Waals surface area contributed by atoms with Gasteiger partial charge in [-0.25, -0.2) is 0 Å². The topological polar surface area (TPSA) is 12.0 Å². The molecule has 1 unspecified atom stereocenters. The molecule has 0 fully saturated rings. The van der Waals surface area contributed by atoms with Crippen LogP contribution in [0.1, 0.15) is 31.4 Å². The van der Waals surface area contributed by atoms with Gasteiger partial charge in [0.15, 0.2) is 0 Å². The van der Waals surface area contributed by atoms with E-state index in [1.165, 1.54) is 23.3 Å². The third-order valence-electron chi connectivity index (χ3n) is 2.67. The highest BCUT2D eigenvalue weighted by Crippen LogP contribution is 2.56. The van der Waals surface area contributed by atoms with Crippen LogP contribution in [0.3, 0.4) is 0 Å². The van der Waals surface area contributed by atoms with Gasteiger partial charge < -0.3 is 5.32 Å². The summed E-state index contributed by atoms with van der Waals surface area (Å²) in [4.78, 5) is 1.31. The highest BCUT2D eigenvalue weighted by atomic mass is 33.9. The average Bonchev–Trinajstić information content (AvgIpc) is 2.47. The van der Waals surface area contributed by atoms with Crippen molar-refractivity contribution in [2.45, 2.75) is 30.7 Å². The minimum Gasteiger partial charge on any atom is -0.305 e. The summed E-state index contributed by atoms with van der Waals surface area (Å²) in [5, 5.41) is 3.63. The van der Waals surface area contributed by atoms with E-state index >= 15 is 0 Å². The lowest BCUT2D eigenvalue weighted by atomic mass is 10.1. The molecule has 8 heteroatoms. The maximum Gasteiger partial charge on any atom is 0.0811 e. The molecule has 110 valence electrons. The van der Waals surface area contributed by atoms with E-state index in [2.05, 4.69) is 36.5 Å². The van der Waals surface area contributed by atoms with Crippen molar-refractivity contribution in [1.82, 2.24) is 5.32 Å². The van der Waals surface area contributed by atoms with Crippen molar-refractivity contribution < 1.29 is 0 Å². The highest BCUT2D eigenvalue weighted by Gasteiger charge is 2.21. The Labute approximate surface area is 148 Å². The molecule has 1 aliphatic heterocycles. The first kappa shape index (κ1) is 17.7. The number of hydrogen-bond acceptors (Lipinski definition) is 8. The Morgan fingerprint density at radius 1 is 1.10 bits per heavy atom. The van der Waals surface area contributed by atoms with Crippen molar-refractivity contribution in [3.8, 4) is 0 Å². The third-order valence-corrected chi connectivity index (χ3v) is 13.9. The molecule has 0 aromatic heterocycles. The fourth-order valence-electron chi connectivity index (χ4n) is 1.71. The first-order chi connectivity index (χ1) is 9.83. The van der Waals surface area contributed by atoms with Crippen LogP contribution in [0.2, 0.25) is 0 Å². The molecule has 1 N–H and O–H groups in total. The van der Waals surface area contributed by atoms with E-state index in [4.69, 9.17) is 12.2 Å². The second-order valence-corrected chi connectivity index (χ2v) is 14.0. The summed E-state index contributed by atoms with van der Waals surface area (Å²) in [5.41, 5.74) is 1.31. The summed E-state index contributed by atoms with van der Waals surface area (Å²) in [6, 6.07) is 8.76. The molecule has 1 nitrogen and oxygen atoms in total. The van der Waals surface area contributed by atoms with Crippen LogP contribution >= 0.6 is 73.1 Å². The van der Waals surface area contributed by atoms with Gasteiger partial charge in [0, 0.05) is 4.90 Å². The van der Waals surface area contributed by atoms with Crippen molar-refractivity contribution in [3.63, 3.8) is 0 Å². The summed E-state index contributed by atoms with van der Waals surface area (Å²) >= 11 is 5.65. The van der Waals surface area contributed by atoms with Crippen molar-refractivity contribution in [2.24, 2.45) is 0 Å². The van der Waals surface area contributed by atoms with Gasteiger partial charge in [-0.2, -0.15) is 0 Å². The Bertz CT molecular complexity index is 440. The molecule has 20 heavy (non-hydrogen) atoms. The van der Waals surface area contributed by atoms with Crippen LogP contribution in [0.5, 0.6) is 0 Å². The normalized spacial score (nSPS) is 20.4. The van der Waals surface area contributed by atoms with Gasteiger partial charge in [0.05, 0.1) is 10.2 Å². The second kappa shape index (κ2) is 10.2. The summed E-state index contributed by atoms with van der Waals surface area (Å²) in [5.74, 6) is 0. The van der Waals surface area contributed by atoms with Crippen molar-refractivity contribution in [1.29, 1.82) is 0 Å². The lowest BCUT2D eigenvalue weighted by Crippen LogP contribution is -2.27. The van der Waals surface area contributed by atoms with E-state index in [0.717, 1.165) is 10.7 Å². The summed E-state index contributed by atoms with van der Waals surface area (Å²) in [6.07, 6.45) is 2.39. The van der Waals surface area contributed by atoms with Crippen LogP contribution in [0.15, 0.2) is 29.2 Å². The maximum absolute atomic E-state index is 5.65.